The highest BCUT2D eigenvalue weighted by atomic mass is 35.5. The SMILES string of the molecule is CCC(=O)N1CCC(c2nc(-c3cc4cccc(-c5ccccn5)c4[nH]3)c3c(N)nccn23)CC1.CN(C)C(=O)N1CCC(c2nc(-c3cc4ncccc4o3)c3c(N)nccn23)CC1.Cc1cnc(N)c2c(-c3cc4cccc(Cl)c4[nH]3)nc(C3CCC(C(=O)O)CC3)n12.Nc1nccn2c(C3CCC(C(=O)Cc4cccnc4)CC3)nc(-c3cc4c([nH]3)C=CCC4=O)c12. The number of piperidine rings is 2. The number of urea groups is 1. The van der Waals surface area contributed by atoms with Crippen LogP contribution in [-0.2, 0) is 20.8 Å². The van der Waals surface area contributed by atoms with E-state index in [1.54, 1.807) is 68.6 Å². The molecule has 17 heterocycles. The molecular formula is C97H98ClN25O7. The van der Waals surface area contributed by atoms with E-state index in [1.165, 1.54) is 0 Å². The average Bonchev–Trinajstić information content (AvgIpc) is 1.60. The molecule has 32 nitrogen and oxygen atoms in total. The number of aromatic amines is 3. The van der Waals surface area contributed by atoms with Crippen LogP contribution < -0.4 is 22.9 Å². The fraction of sp³-hybridized carbons (Fsp3) is 0.299. The lowest BCUT2D eigenvalue weighted by atomic mass is 9.78. The van der Waals surface area contributed by atoms with Gasteiger partial charge in [-0.05, 0) is 150 Å². The lowest BCUT2D eigenvalue weighted by Gasteiger charge is -2.33. The molecule has 15 aromatic heterocycles. The minimum Gasteiger partial charge on any atom is -0.481 e. The first-order valence-electron chi connectivity index (χ1n) is 44.2. The number of aliphatic carboxylic acids is 1. The predicted molar refractivity (Wildman–Crippen MR) is 499 cm³/mol. The number of rotatable bonds is 14. The zero-order chi connectivity index (χ0) is 89.7. The topological polar surface area (TPSA) is 439 Å². The molecule has 2 saturated carbocycles. The van der Waals surface area contributed by atoms with Gasteiger partial charge < -0.3 is 62.1 Å². The maximum atomic E-state index is 12.9. The largest absolute Gasteiger partial charge is 0.481 e. The summed E-state index contributed by atoms with van der Waals surface area (Å²) < 4.78 is 14.2. The Morgan fingerprint density at radius 2 is 1.08 bits per heavy atom. The molecule has 3 amide bonds. The van der Waals surface area contributed by atoms with Gasteiger partial charge in [-0.25, -0.2) is 44.7 Å². The molecule has 0 spiro atoms. The van der Waals surface area contributed by atoms with Gasteiger partial charge in [-0.2, -0.15) is 0 Å². The van der Waals surface area contributed by atoms with E-state index in [4.69, 9.17) is 58.9 Å². The summed E-state index contributed by atoms with van der Waals surface area (Å²) in [6, 6.07) is 33.4. The van der Waals surface area contributed by atoms with E-state index in [0.717, 1.165) is 207 Å². The number of furan rings is 1. The maximum Gasteiger partial charge on any atom is 0.319 e. The molecule has 0 bridgehead atoms. The molecule has 33 heteroatoms. The number of nitrogens with two attached hydrogens (primary N) is 4. The fourth-order valence-corrected chi connectivity index (χ4v) is 19.6. The van der Waals surface area contributed by atoms with Crippen LogP contribution in [-0.4, -0.2) is 177 Å². The number of amides is 3. The summed E-state index contributed by atoms with van der Waals surface area (Å²) in [5.41, 5.74) is 42.4. The minimum atomic E-state index is -0.707. The van der Waals surface area contributed by atoms with Crippen molar-refractivity contribution in [3.8, 4) is 56.9 Å². The minimum absolute atomic E-state index is 0.0466. The van der Waals surface area contributed by atoms with E-state index in [9.17, 15) is 29.1 Å². The predicted octanol–water partition coefficient (Wildman–Crippen LogP) is 16.8. The molecular weight excluding hydrogens is 1660 g/mol. The zero-order valence-electron chi connectivity index (χ0n) is 72.4. The van der Waals surface area contributed by atoms with Crippen LogP contribution in [0.5, 0.6) is 0 Å². The van der Waals surface area contributed by atoms with Gasteiger partial charge in [0.2, 0.25) is 5.91 Å². The van der Waals surface area contributed by atoms with Crippen LogP contribution in [0, 0.1) is 18.8 Å². The van der Waals surface area contributed by atoms with Gasteiger partial charge in [0, 0.05) is 197 Å². The second-order valence-electron chi connectivity index (χ2n) is 34.3. The third-order valence-electron chi connectivity index (χ3n) is 26.1. The van der Waals surface area contributed by atoms with Crippen LogP contribution in [0.25, 0.3) is 118 Å². The van der Waals surface area contributed by atoms with Crippen LogP contribution in [0.1, 0.15) is 171 Å². The number of hydrogen-bond donors (Lipinski definition) is 8. The van der Waals surface area contributed by atoms with Crippen LogP contribution in [0.15, 0.2) is 182 Å². The molecule has 2 aliphatic heterocycles. The average molecular weight is 1760 g/mol. The number of carboxylic acids is 1. The number of nitrogens with zero attached hydrogens (tertiary/aromatic N) is 18. The van der Waals surface area contributed by atoms with Crippen molar-refractivity contribution in [2.24, 2.45) is 11.8 Å². The van der Waals surface area contributed by atoms with Crippen molar-refractivity contribution < 1.29 is 33.5 Å². The van der Waals surface area contributed by atoms with Crippen LogP contribution in [0.4, 0.5) is 28.1 Å². The summed E-state index contributed by atoms with van der Waals surface area (Å²) in [6.45, 7) is 6.80. The number of nitrogen functional groups attached to an aromatic ring is 4. The molecule has 17 aromatic rings. The van der Waals surface area contributed by atoms with Crippen molar-refractivity contribution in [2.75, 3.05) is 63.2 Å². The van der Waals surface area contributed by atoms with Gasteiger partial charge in [0.05, 0.1) is 44.7 Å². The summed E-state index contributed by atoms with van der Waals surface area (Å²) in [4.78, 5) is 127. The summed E-state index contributed by atoms with van der Waals surface area (Å²) >= 11 is 6.36. The lowest BCUT2D eigenvalue weighted by Crippen LogP contribution is -2.43. The zero-order valence-corrected chi connectivity index (χ0v) is 73.1. The van der Waals surface area contributed by atoms with Crippen molar-refractivity contribution in [1.82, 2.24) is 102 Å². The number of imidazole rings is 4. The van der Waals surface area contributed by atoms with Crippen molar-refractivity contribution in [3.05, 3.63) is 228 Å². The number of para-hydroxylation sites is 2. The highest BCUT2D eigenvalue weighted by molar-refractivity contribution is 6.35. The van der Waals surface area contributed by atoms with Gasteiger partial charge in [0.1, 0.15) is 103 Å². The number of H-pyrrole nitrogens is 3. The van der Waals surface area contributed by atoms with Crippen LogP contribution >= 0.6 is 11.6 Å². The summed E-state index contributed by atoms with van der Waals surface area (Å²) in [6.07, 6.45) is 34.5. The molecule has 2 saturated heterocycles. The van der Waals surface area contributed by atoms with E-state index < -0.39 is 5.97 Å². The van der Waals surface area contributed by atoms with Gasteiger partial charge in [-0.1, -0.05) is 67.1 Å². The molecule has 5 aliphatic rings. The molecule has 22 rings (SSSR count). The number of carbonyl (C=O) groups excluding carboxylic acids is 4. The number of nitrogens with one attached hydrogen (secondary N) is 3. The van der Waals surface area contributed by atoms with E-state index in [1.807, 2.05) is 148 Å². The van der Waals surface area contributed by atoms with Gasteiger partial charge in [-0.15, -0.1) is 0 Å². The number of allylic oxidation sites excluding steroid dienone is 1. The summed E-state index contributed by atoms with van der Waals surface area (Å²) in [5.74, 6) is 6.54. The lowest BCUT2D eigenvalue weighted by molar-refractivity contribution is -0.143. The number of ketones is 2. The third-order valence-corrected chi connectivity index (χ3v) is 26.4. The molecule has 0 atom stereocenters. The van der Waals surface area contributed by atoms with Gasteiger partial charge >= 0.3 is 12.0 Å². The van der Waals surface area contributed by atoms with Crippen molar-refractivity contribution in [1.29, 1.82) is 0 Å². The Balaban J connectivity index is 0.000000113. The Morgan fingerprint density at radius 1 is 0.531 bits per heavy atom. The van der Waals surface area contributed by atoms with Crippen molar-refractivity contribution >= 4 is 125 Å². The van der Waals surface area contributed by atoms with E-state index in [-0.39, 0.29) is 59.0 Å². The molecule has 3 aliphatic carbocycles. The normalized spacial score (nSPS) is 17.3. The first-order chi connectivity index (χ1) is 63.2. The first-order valence-corrected chi connectivity index (χ1v) is 44.5. The van der Waals surface area contributed by atoms with E-state index in [2.05, 4.69) is 76.8 Å². The number of carboxylic acid groups (broad SMARTS) is 1. The molecule has 0 unspecified atom stereocenters. The number of pyridine rings is 3. The molecule has 660 valence electrons. The number of carbonyl (C=O) groups is 5. The Morgan fingerprint density at radius 3 is 1.66 bits per heavy atom. The molecule has 130 heavy (non-hydrogen) atoms. The highest BCUT2D eigenvalue weighted by Crippen LogP contribution is 2.45. The number of halogens is 1. The van der Waals surface area contributed by atoms with Gasteiger partial charge in [0.15, 0.2) is 17.1 Å². The Labute approximate surface area is 750 Å². The van der Waals surface area contributed by atoms with E-state index in [0.29, 0.717) is 102 Å². The van der Waals surface area contributed by atoms with Crippen LogP contribution in [0.2, 0.25) is 5.02 Å². The second kappa shape index (κ2) is 35.7. The standard InChI is InChI=1S/C27H27N7O.C27H26N6O2.C22H22ClN5O2.C21H23N7O2/c1-2-22(35)33-13-9-17(10-14-33)27-32-24(25-26(28)30-12-15-34(25)27)21-16-18-6-5-7-19(23(18)31-21)20-8-3-4-11-29-20;28-26-25-24(21-14-19-20(31-21)4-1-5-22(19)34)32-27(33(25)12-11-30-26)18-8-6-17(7-9-18)23(35)13-16-3-2-10-29-15-16;1-11-10-25-20(24)19-18(16-9-14-3-2-4-15(23)17(14)26-16)27-21(28(11)19)12-5-7-13(8-6-12)22(29)30;1-26(2)21(29)27-9-5-13(6-10-27)20-25-17(18-19(22)24-8-11-28(18)20)16-12-14-15(30-16)4-3-7-23-14/h3-8,11-12,15-17,31H,2,9-10,13-14H2,1H3,(H2,28,30);1-4,10-12,14-15,17-18,31H,5-9,13H2,(H2,28,30);2-4,9-10,12-13,26H,5-8H2,1H3,(H2,24,25)(H,29,30);3-4,7-8,11-13H,5-6,9-10H2,1-2H3,(H2,22,24). The number of benzene rings is 2. The smallest absolute Gasteiger partial charge is 0.319 e. The maximum absolute atomic E-state index is 12.9. The Hall–Kier alpha value is -15.0. The van der Waals surface area contributed by atoms with Gasteiger partial charge in [-0.3, -0.25) is 51.7 Å². The Kier molecular flexibility index (Phi) is 23.2. The molecule has 12 N–H and O–H groups in total. The van der Waals surface area contributed by atoms with Gasteiger partial charge in [0.25, 0.3) is 0 Å². The Bertz CT molecular complexity index is 7170. The third kappa shape index (κ3) is 16.3. The molecule has 4 fully saturated rings. The number of likely N-dealkylation sites (tertiary alicyclic amines) is 2. The molecule has 2 aromatic carbocycles. The number of hydrogen-bond acceptors (Lipinski definition) is 21. The fourth-order valence-electron chi connectivity index (χ4n) is 19.4. The quantitative estimate of drug-likeness (QED) is 0.0501. The number of aryl methyl sites for hydroxylation is 1. The summed E-state index contributed by atoms with van der Waals surface area (Å²) in [7, 11) is 3.56. The monoisotopic (exact) mass is 1760 g/mol. The summed E-state index contributed by atoms with van der Waals surface area (Å²) in [5, 5.41) is 12.1. The highest BCUT2D eigenvalue weighted by Gasteiger charge is 2.37. The molecule has 0 radical (unpaired) electrons. The number of Topliss-reactive ketones (excluding diaryl/α,β-unsaturated/α-hetero) is 2. The second-order valence-corrected chi connectivity index (χ2v) is 34.7. The van der Waals surface area contributed by atoms with E-state index >= 15 is 0 Å². The number of aromatic nitrogens is 18. The number of fused-ring (bicyclic) bond motifs is 8. The first kappa shape index (κ1) is 84.5. The van der Waals surface area contributed by atoms with Crippen molar-refractivity contribution in [3.63, 3.8) is 0 Å². The number of anilines is 4. The van der Waals surface area contributed by atoms with Crippen LogP contribution in [0.3, 0.4) is 0 Å². The van der Waals surface area contributed by atoms with Crippen molar-refractivity contribution in [2.45, 2.75) is 134 Å².